The molecule has 1 aromatic carbocycles. The lowest BCUT2D eigenvalue weighted by Crippen LogP contribution is -2.45. The Labute approximate surface area is 126 Å². The standard InChI is InChI=1S/C16H24N2O3/c1-10-7-11(2)13(12(3)8-10)9-14(19)17-18-15(20)21-16(4,5)6/h7-8H,9H2,1-6H3,(H,17,19)(H,18,20). The number of benzene rings is 1. The Hall–Kier alpha value is -2.04. The van der Waals surface area contributed by atoms with Crippen LogP contribution in [0.1, 0.15) is 43.0 Å². The van der Waals surface area contributed by atoms with Crippen molar-refractivity contribution in [1.29, 1.82) is 0 Å². The number of amides is 2. The summed E-state index contributed by atoms with van der Waals surface area (Å²) in [6, 6.07) is 4.08. The molecule has 0 aliphatic carbocycles. The maximum Gasteiger partial charge on any atom is 0.426 e. The number of hydrogen-bond donors (Lipinski definition) is 2. The summed E-state index contributed by atoms with van der Waals surface area (Å²) in [6.45, 7) is 11.2. The minimum absolute atomic E-state index is 0.216. The third-order valence-corrected chi connectivity index (χ3v) is 2.88. The van der Waals surface area contributed by atoms with Gasteiger partial charge in [0.05, 0.1) is 6.42 Å². The zero-order valence-electron chi connectivity index (χ0n) is 13.6. The molecule has 2 amide bonds. The third-order valence-electron chi connectivity index (χ3n) is 2.88. The highest BCUT2D eigenvalue weighted by Crippen LogP contribution is 2.16. The molecule has 0 aliphatic heterocycles. The minimum atomic E-state index is -0.673. The van der Waals surface area contributed by atoms with Gasteiger partial charge in [-0.3, -0.25) is 10.2 Å². The summed E-state index contributed by atoms with van der Waals surface area (Å²) in [7, 11) is 0. The molecule has 5 heteroatoms. The Morgan fingerprint density at radius 1 is 1.05 bits per heavy atom. The summed E-state index contributed by atoms with van der Waals surface area (Å²) in [4.78, 5) is 23.3. The lowest BCUT2D eigenvalue weighted by Gasteiger charge is -2.20. The van der Waals surface area contributed by atoms with Crippen LogP contribution in [-0.4, -0.2) is 17.6 Å². The smallest absolute Gasteiger partial charge is 0.426 e. The van der Waals surface area contributed by atoms with Crippen molar-refractivity contribution in [3.8, 4) is 0 Å². The summed E-state index contributed by atoms with van der Waals surface area (Å²) < 4.78 is 5.04. The van der Waals surface area contributed by atoms with Crippen LogP contribution < -0.4 is 10.9 Å². The molecular weight excluding hydrogens is 268 g/mol. The van der Waals surface area contributed by atoms with Gasteiger partial charge in [-0.2, -0.15) is 0 Å². The molecule has 0 aliphatic rings. The number of hydrazine groups is 1. The fourth-order valence-corrected chi connectivity index (χ4v) is 2.12. The van der Waals surface area contributed by atoms with Gasteiger partial charge in [-0.1, -0.05) is 17.7 Å². The zero-order chi connectivity index (χ0) is 16.2. The summed E-state index contributed by atoms with van der Waals surface area (Å²) in [5.74, 6) is -0.282. The first-order valence-electron chi connectivity index (χ1n) is 6.93. The quantitative estimate of drug-likeness (QED) is 0.824. The van der Waals surface area contributed by atoms with Crippen LogP contribution in [0.2, 0.25) is 0 Å². The lowest BCUT2D eigenvalue weighted by molar-refractivity contribution is -0.121. The Morgan fingerprint density at radius 3 is 2.05 bits per heavy atom. The van der Waals surface area contributed by atoms with Crippen molar-refractivity contribution in [2.75, 3.05) is 0 Å². The van der Waals surface area contributed by atoms with E-state index in [4.69, 9.17) is 4.74 Å². The first-order chi connectivity index (χ1) is 9.58. The molecule has 1 aromatic rings. The number of nitrogens with one attached hydrogen (secondary N) is 2. The topological polar surface area (TPSA) is 67.4 Å². The van der Waals surface area contributed by atoms with Gasteiger partial charge in [-0.15, -0.1) is 0 Å². The van der Waals surface area contributed by atoms with Gasteiger partial charge in [-0.05, 0) is 58.2 Å². The summed E-state index contributed by atoms with van der Waals surface area (Å²) in [5.41, 5.74) is 8.29. The van der Waals surface area contributed by atoms with Crippen LogP contribution >= 0.6 is 0 Å². The molecule has 0 unspecified atom stereocenters. The van der Waals surface area contributed by atoms with E-state index < -0.39 is 11.7 Å². The fourth-order valence-electron chi connectivity index (χ4n) is 2.12. The molecule has 0 saturated heterocycles. The molecule has 116 valence electrons. The molecule has 0 fully saturated rings. The molecule has 0 heterocycles. The average molecular weight is 292 g/mol. The second kappa shape index (κ2) is 6.61. The SMILES string of the molecule is Cc1cc(C)c(CC(=O)NNC(=O)OC(C)(C)C)c(C)c1. The van der Waals surface area contributed by atoms with Crippen LogP contribution in [0.4, 0.5) is 4.79 Å². The zero-order valence-corrected chi connectivity index (χ0v) is 13.6. The molecule has 1 rings (SSSR count). The van der Waals surface area contributed by atoms with Crippen molar-refractivity contribution in [2.45, 2.75) is 53.6 Å². The van der Waals surface area contributed by atoms with E-state index in [0.29, 0.717) is 0 Å². The van der Waals surface area contributed by atoms with Crippen LogP contribution in [0.25, 0.3) is 0 Å². The molecule has 21 heavy (non-hydrogen) atoms. The van der Waals surface area contributed by atoms with Gasteiger partial charge in [0, 0.05) is 0 Å². The third kappa shape index (κ3) is 5.85. The lowest BCUT2D eigenvalue weighted by atomic mass is 9.97. The van der Waals surface area contributed by atoms with Crippen molar-refractivity contribution < 1.29 is 14.3 Å². The summed E-state index contributed by atoms with van der Waals surface area (Å²) >= 11 is 0. The average Bonchev–Trinajstić information content (AvgIpc) is 2.29. The number of carbonyl (C=O) groups is 2. The van der Waals surface area contributed by atoms with Gasteiger partial charge in [0.25, 0.3) is 0 Å². The molecule has 0 bridgehead atoms. The first kappa shape index (κ1) is 17.0. The summed E-state index contributed by atoms with van der Waals surface area (Å²) in [5, 5.41) is 0. The Kier molecular flexibility index (Phi) is 5.35. The maximum atomic E-state index is 11.9. The largest absolute Gasteiger partial charge is 0.443 e. The maximum absolute atomic E-state index is 11.9. The van der Waals surface area contributed by atoms with E-state index in [2.05, 4.69) is 10.9 Å². The molecule has 5 nitrogen and oxygen atoms in total. The van der Waals surface area contributed by atoms with E-state index in [1.807, 2.05) is 32.9 Å². The highest BCUT2D eigenvalue weighted by Gasteiger charge is 2.17. The predicted octanol–water partition coefficient (Wildman–Crippen LogP) is 2.71. The Morgan fingerprint density at radius 2 is 1.57 bits per heavy atom. The van der Waals surface area contributed by atoms with Crippen molar-refractivity contribution in [1.82, 2.24) is 10.9 Å². The van der Waals surface area contributed by atoms with Gasteiger partial charge >= 0.3 is 6.09 Å². The van der Waals surface area contributed by atoms with E-state index in [-0.39, 0.29) is 12.3 Å². The molecule has 0 spiro atoms. The Bertz CT molecular complexity index is 522. The predicted molar refractivity (Wildman–Crippen MR) is 81.9 cm³/mol. The number of rotatable bonds is 2. The van der Waals surface area contributed by atoms with E-state index in [1.54, 1.807) is 20.8 Å². The van der Waals surface area contributed by atoms with Crippen molar-refractivity contribution in [3.63, 3.8) is 0 Å². The number of ether oxygens (including phenoxy) is 1. The van der Waals surface area contributed by atoms with Gasteiger partial charge in [0.2, 0.25) is 5.91 Å². The summed E-state index contributed by atoms with van der Waals surface area (Å²) in [6.07, 6.45) is -0.457. The van der Waals surface area contributed by atoms with Crippen LogP contribution in [0.3, 0.4) is 0 Å². The molecular formula is C16H24N2O3. The van der Waals surface area contributed by atoms with Crippen LogP contribution in [0.15, 0.2) is 12.1 Å². The van der Waals surface area contributed by atoms with Crippen LogP contribution in [0, 0.1) is 20.8 Å². The van der Waals surface area contributed by atoms with Crippen LogP contribution in [0.5, 0.6) is 0 Å². The first-order valence-corrected chi connectivity index (χ1v) is 6.93. The van der Waals surface area contributed by atoms with Gasteiger partial charge in [0.1, 0.15) is 5.60 Å². The number of carbonyl (C=O) groups excluding carboxylic acids is 2. The van der Waals surface area contributed by atoms with E-state index in [0.717, 1.165) is 16.7 Å². The highest BCUT2D eigenvalue weighted by atomic mass is 16.6. The Balaban J connectivity index is 2.57. The normalized spacial score (nSPS) is 11.0. The van der Waals surface area contributed by atoms with Crippen molar-refractivity contribution in [3.05, 3.63) is 34.4 Å². The van der Waals surface area contributed by atoms with Crippen LogP contribution in [-0.2, 0) is 16.0 Å². The van der Waals surface area contributed by atoms with E-state index >= 15 is 0 Å². The monoisotopic (exact) mass is 292 g/mol. The van der Waals surface area contributed by atoms with Crippen molar-refractivity contribution >= 4 is 12.0 Å². The van der Waals surface area contributed by atoms with Gasteiger partial charge in [0.15, 0.2) is 0 Å². The molecule has 0 aromatic heterocycles. The second-order valence-electron chi connectivity index (χ2n) is 6.23. The molecule has 2 N–H and O–H groups in total. The molecule has 0 radical (unpaired) electrons. The second-order valence-corrected chi connectivity index (χ2v) is 6.23. The number of aryl methyl sites for hydroxylation is 3. The number of hydrogen-bond acceptors (Lipinski definition) is 3. The van der Waals surface area contributed by atoms with Gasteiger partial charge in [-0.25, -0.2) is 10.2 Å². The van der Waals surface area contributed by atoms with E-state index in [1.165, 1.54) is 5.56 Å². The molecule has 0 saturated carbocycles. The van der Waals surface area contributed by atoms with E-state index in [9.17, 15) is 9.59 Å². The minimum Gasteiger partial charge on any atom is -0.443 e. The van der Waals surface area contributed by atoms with Crippen molar-refractivity contribution in [2.24, 2.45) is 0 Å². The highest BCUT2D eigenvalue weighted by molar-refractivity contribution is 5.81. The fraction of sp³-hybridized carbons (Fsp3) is 0.500. The van der Waals surface area contributed by atoms with Gasteiger partial charge < -0.3 is 4.74 Å². The molecule has 0 atom stereocenters.